The third-order valence-electron chi connectivity index (χ3n) is 0.261. The van der Waals surface area contributed by atoms with Crippen LogP contribution in [0.2, 0.25) is 0 Å². The Kier molecular flexibility index (Phi) is 2.02. The summed E-state index contributed by atoms with van der Waals surface area (Å²) in [5.74, 6) is 0. The van der Waals surface area contributed by atoms with Crippen molar-refractivity contribution in [1.29, 1.82) is 5.26 Å². The van der Waals surface area contributed by atoms with Crippen LogP contribution in [0.15, 0.2) is 0 Å². The highest BCUT2D eigenvalue weighted by Gasteiger charge is 1.91. The minimum Gasteiger partial charge on any atom is -0.372 e. The molecule has 0 spiro atoms. The van der Waals surface area contributed by atoms with Gasteiger partial charge in [0.05, 0.1) is 0 Å². The average molecular weight is 85.1 g/mol. The van der Waals surface area contributed by atoms with Gasteiger partial charge in [-0.15, -0.1) is 0 Å². The Labute approximate surface area is 34.8 Å². The normalized spacial score (nSPS) is 12.0. The van der Waals surface area contributed by atoms with Crippen LogP contribution < -0.4 is 0 Å². The molecular formula is C3H3NO2. The van der Waals surface area contributed by atoms with E-state index in [4.69, 9.17) is 10.4 Å². The molecule has 32 valence electrons. The van der Waals surface area contributed by atoms with E-state index >= 15 is 0 Å². The van der Waals surface area contributed by atoms with Gasteiger partial charge in [0.15, 0.2) is 12.4 Å². The summed E-state index contributed by atoms with van der Waals surface area (Å²) in [6.07, 6.45) is -1.27. The first kappa shape index (κ1) is 5.12. The highest BCUT2D eigenvalue weighted by atomic mass is 16.3. The van der Waals surface area contributed by atoms with Crippen molar-refractivity contribution in [3.8, 4) is 6.07 Å². The summed E-state index contributed by atoms with van der Waals surface area (Å²) in [6.45, 7) is 0. The molecule has 3 nitrogen and oxygen atoms in total. The molecule has 3 heteroatoms. The molecule has 0 amide bonds. The molecule has 0 saturated heterocycles. The zero-order chi connectivity index (χ0) is 4.99. The molecule has 0 bridgehead atoms. The van der Waals surface area contributed by atoms with Crippen LogP contribution in [-0.4, -0.2) is 17.5 Å². The van der Waals surface area contributed by atoms with Gasteiger partial charge < -0.3 is 5.11 Å². The third-order valence-corrected chi connectivity index (χ3v) is 0.261. The molecule has 0 fully saturated rings. The van der Waals surface area contributed by atoms with Gasteiger partial charge in [0.2, 0.25) is 0 Å². The Morgan fingerprint density at radius 2 is 2.50 bits per heavy atom. The van der Waals surface area contributed by atoms with E-state index in [9.17, 15) is 4.79 Å². The first-order valence-electron chi connectivity index (χ1n) is 1.34. The molecule has 0 aromatic heterocycles. The summed E-state index contributed by atoms with van der Waals surface area (Å²) in [5, 5.41) is 15.5. The summed E-state index contributed by atoms with van der Waals surface area (Å²) in [4.78, 5) is 9.26. The molecule has 1 unspecified atom stereocenters. The van der Waals surface area contributed by atoms with E-state index in [0.717, 1.165) is 0 Å². The molecule has 1 N–H and O–H groups in total. The number of carbonyl (C=O) groups excluding carboxylic acids is 1. The van der Waals surface area contributed by atoms with Crippen molar-refractivity contribution >= 4 is 6.29 Å². The summed E-state index contributed by atoms with van der Waals surface area (Å²) in [6, 6.07) is 1.30. The van der Waals surface area contributed by atoms with Crippen LogP contribution in [0, 0.1) is 11.3 Å². The van der Waals surface area contributed by atoms with Crippen molar-refractivity contribution in [3.05, 3.63) is 0 Å². The average Bonchev–Trinajstić information content (AvgIpc) is 1.65. The molecule has 0 aromatic rings. The quantitative estimate of drug-likeness (QED) is 0.330. The second-order valence-corrected chi connectivity index (χ2v) is 0.710. The van der Waals surface area contributed by atoms with E-state index in [1.54, 1.807) is 0 Å². The zero-order valence-corrected chi connectivity index (χ0v) is 2.96. The Morgan fingerprint density at radius 3 is 2.50 bits per heavy atom. The number of hydrogen-bond acceptors (Lipinski definition) is 3. The minimum absolute atomic E-state index is 0.167. The molecule has 0 saturated carbocycles. The maximum atomic E-state index is 9.26. The number of hydrogen-bond donors (Lipinski definition) is 1. The number of rotatable bonds is 1. The van der Waals surface area contributed by atoms with Gasteiger partial charge in [0, 0.05) is 0 Å². The molecular weight excluding hydrogens is 82.0 g/mol. The van der Waals surface area contributed by atoms with E-state index in [0.29, 0.717) is 0 Å². The van der Waals surface area contributed by atoms with E-state index in [1.165, 1.54) is 6.07 Å². The van der Waals surface area contributed by atoms with Crippen molar-refractivity contribution < 1.29 is 9.90 Å². The lowest BCUT2D eigenvalue weighted by Gasteiger charge is -1.76. The molecule has 0 rings (SSSR count). The first-order valence-corrected chi connectivity index (χ1v) is 1.34. The highest BCUT2D eigenvalue weighted by Crippen LogP contribution is 1.63. The van der Waals surface area contributed by atoms with Crippen molar-refractivity contribution in [2.45, 2.75) is 6.10 Å². The van der Waals surface area contributed by atoms with Gasteiger partial charge in [-0.2, -0.15) is 5.26 Å². The predicted molar refractivity (Wildman–Crippen MR) is 17.7 cm³/mol. The summed E-state index contributed by atoms with van der Waals surface area (Å²) in [5.41, 5.74) is 0. The summed E-state index contributed by atoms with van der Waals surface area (Å²) < 4.78 is 0. The number of aliphatic hydroxyl groups is 1. The monoisotopic (exact) mass is 85.0 g/mol. The molecule has 0 heterocycles. The third kappa shape index (κ3) is 1.44. The van der Waals surface area contributed by atoms with Crippen molar-refractivity contribution in [2.24, 2.45) is 0 Å². The summed E-state index contributed by atoms with van der Waals surface area (Å²) in [7, 11) is 0. The van der Waals surface area contributed by atoms with Gasteiger partial charge in [-0.25, -0.2) is 0 Å². The van der Waals surface area contributed by atoms with Gasteiger partial charge in [0.25, 0.3) is 0 Å². The predicted octanol–water partition coefficient (Wildman–Crippen LogP) is -0.930. The molecule has 0 aromatic carbocycles. The molecule has 0 aliphatic carbocycles. The number of aliphatic hydroxyl groups excluding tert-OH is 1. The Morgan fingerprint density at radius 1 is 2.00 bits per heavy atom. The Balaban J connectivity index is 3.30. The van der Waals surface area contributed by atoms with Crippen LogP contribution in [0.4, 0.5) is 0 Å². The maximum absolute atomic E-state index is 9.26. The highest BCUT2D eigenvalue weighted by molar-refractivity contribution is 5.59. The maximum Gasteiger partial charge on any atom is 0.196 e. The van der Waals surface area contributed by atoms with Gasteiger partial charge in [0.1, 0.15) is 6.07 Å². The van der Waals surface area contributed by atoms with E-state index in [-0.39, 0.29) is 6.29 Å². The van der Waals surface area contributed by atoms with Crippen LogP contribution in [0.5, 0.6) is 0 Å². The molecule has 0 aliphatic rings. The lowest BCUT2D eigenvalue weighted by Crippen LogP contribution is -2.01. The lowest BCUT2D eigenvalue weighted by atomic mass is 10.5. The van der Waals surface area contributed by atoms with Gasteiger partial charge in [-0.05, 0) is 0 Å². The Hall–Kier alpha value is -0.880. The SMILES string of the molecule is N#CC(O)C=O. The molecule has 0 radical (unpaired) electrons. The van der Waals surface area contributed by atoms with Crippen molar-refractivity contribution in [3.63, 3.8) is 0 Å². The smallest absolute Gasteiger partial charge is 0.196 e. The van der Waals surface area contributed by atoms with Crippen LogP contribution in [0.3, 0.4) is 0 Å². The van der Waals surface area contributed by atoms with E-state index in [1.807, 2.05) is 0 Å². The van der Waals surface area contributed by atoms with Crippen LogP contribution >= 0.6 is 0 Å². The second kappa shape index (κ2) is 2.36. The zero-order valence-electron chi connectivity index (χ0n) is 2.96. The Bertz CT molecular complexity index is 83.3. The number of aldehydes is 1. The fourth-order valence-electron chi connectivity index (χ4n) is 0.0304. The van der Waals surface area contributed by atoms with Gasteiger partial charge in [-0.3, -0.25) is 4.79 Å². The van der Waals surface area contributed by atoms with Crippen LogP contribution in [0.25, 0.3) is 0 Å². The van der Waals surface area contributed by atoms with E-state index < -0.39 is 6.10 Å². The molecule has 1 atom stereocenters. The topological polar surface area (TPSA) is 61.1 Å². The number of nitriles is 1. The number of carbonyl (C=O) groups is 1. The lowest BCUT2D eigenvalue weighted by molar-refractivity contribution is -0.112. The first-order chi connectivity index (χ1) is 2.81. The van der Waals surface area contributed by atoms with Crippen LogP contribution in [0.1, 0.15) is 0 Å². The van der Waals surface area contributed by atoms with Crippen molar-refractivity contribution in [2.75, 3.05) is 0 Å². The van der Waals surface area contributed by atoms with E-state index in [2.05, 4.69) is 0 Å². The molecule has 6 heavy (non-hydrogen) atoms. The summed E-state index contributed by atoms with van der Waals surface area (Å²) >= 11 is 0. The second-order valence-electron chi connectivity index (χ2n) is 0.710. The minimum atomic E-state index is -1.44. The largest absolute Gasteiger partial charge is 0.372 e. The number of nitrogens with zero attached hydrogens (tertiary/aromatic N) is 1. The van der Waals surface area contributed by atoms with Crippen LogP contribution in [-0.2, 0) is 4.79 Å². The van der Waals surface area contributed by atoms with Crippen molar-refractivity contribution in [1.82, 2.24) is 0 Å². The standard InChI is InChI=1S/C3H3NO2/c4-1-3(6)2-5/h2-3,6H. The van der Waals surface area contributed by atoms with Gasteiger partial charge >= 0.3 is 0 Å². The fraction of sp³-hybridized carbons (Fsp3) is 0.333. The van der Waals surface area contributed by atoms with Gasteiger partial charge in [-0.1, -0.05) is 0 Å². The molecule has 0 aliphatic heterocycles. The fourth-order valence-corrected chi connectivity index (χ4v) is 0.0304.